The minimum atomic E-state index is -0.111. The van der Waals surface area contributed by atoms with E-state index in [2.05, 4.69) is 4.99 Å². The molecule has 0 heterocycles. The van der Waals surface area contributed by atoms with Crippen LogP contribution in [0.5, 0.6) is 5.75 Å². The quantitative estimate of drug-likeness (QED) is 0.267. The Morgan fingerprint density at radius 1 is 1.35 bits per heavy atom. The van der Waals surface area contributed by atoms with E-state index < -0.39 is 0 Å². The van der Waals surface area contributed by atoms with Gasteiger partial charge in [-0.25, -0.2) is 4.99 Å². The first kappa shape index (κ1) is 20.3. The number of hydrogen-bond donors (Lipinski definition) is 0. The van der Waals surface area contributed by atoms with Gasteiger partial charge >= 0.3 is 0 Å². The summed E-state index contributed by atoms with van der Waals surface area (Å²) in [6.07, 6.45) is 3.72. The van der Waals surface area contributed by atoms with Crippen molar-refractivity contribution in [3.05, 3.63) is 52.5 Å². The molecular weight excluding hydrogens is 368 g/mol. The third kappa shape index (κ3) is 5.51. The average molecular weight is 391 g/mol. The third-order valence-corrected chi connectivity index (χ3v) is 4.93. The van der Waals surface area contributed by atoms with Gasteiger partial charge in [0.05, 0.1) is 17.0 Å². The Morgan fingerprint density at radius 3 is 2.81 bits per heavy atom. The number of benzene rings is 2. The molecule has 0 N–H and O–H groups in total. The normalized spacial score (nSPS) is 11.0. The summed E-state index contributed by atoms with van der Waals surface area (Å²) in [4.78, 5) is 19.9. The van der Waals surface area contributed by atoms with Crippen LogP contribution in [0.25, 0.3) is 0 Å². The Labute approximate surface area is 164 Å². The predicted molar refractivity (Wildman–Crippen MR) is 111 cm³/mol. The van der Waals surface area contributed by atoms with Crippen LogP contribution in [0, 0.1) is 6.92 Å². The molecule has 6 heteroatoms. The summed E-state index contributed by atoms with van der Waals surface area (Å²) in [6.45, 7) is 4.73. The van der Waals surface area contributed by atoms with Crippen LogP contribution in [0.4, 0.5) is 5.69 Å². The molecule has 138 valence electrons. The van der Waals surface area contributed by atoms with E-state index in [1.165, 1.54) is 0 Å². The number of ketones is 1. The largest absolute Gasteiger partial charge is 0.485 e. The number of ether oxygens (including phenoxy) is 1. The summed E-state index contributed by atoms with van der Waals surface area (Å²) < 4.78 is 5.64. The molecule has 2 aromatic carbocycles. The molecule has 0 bridgehead atoms. The van der Waals surface area contributed by atoms with Gasteiger partial charge in [-0.3, -0.25) is 4.79 Å². The maximum Gasteiger partial charge on any atom is 0.200 e. The highest BCUT2D eigenvalue weighted by Gasteiger charge is 2.13. The average Bonchev–Trinajstić information content (AvgIpc) is 2.66. The molecule has 0 radical (unpaired) electrons. The molecule has 0 fully saturated rings. The van der Waals surface area contributed by atoms with Crippen molar-refractivity contribution < 1.29 is 9.53 Å². The van der Waals surface area contributed by atoms with Gasteiger partial charge in [-0.2, -0.15) is 0 Å². The summed E-state index contributed by atoms with van der Waals surface area (Å²) in [5, 5.41) is 0.448. The first-order valence-corrected chi connectivity index (χ1v) is 9.89. The van der Waals surface area contributed by atoms with E-state index >= 15 is 0 Å². The van der Waals surface area contributed by atoms with Gasteiger partial charge in [0.2, 0.25) is 5.78 Å². The second-order valence-electron chi connectivity index (χ2n) is 5.83. The minimum Gasteiger partial charge on any atom is -0.485 e. The number of hydrogen-bond acceptors (Lipinski definition) is 4. The number of aliphatic imine (C=N–C) groups is 1. The molecule has 0 spiro atoms. The number of thioether (sulfide) groups is 1. The lowest BCUT2D eigenvalue weighted by Gasteiger charge is -2.11. The van der Waals surface area contributed by atoms with Gasteiger partial charge in [0.1, 0.15) is 5.75 Å². The zero-order valence-corrected chi connectivity index (χ0v) is 17.0. The van der Waals surface area contributed by atoms with Crippen LogP contribution in [0.2, 0.25) is 5.02 Å². The molecule has 0 saturated heterocycles. The number of carbonyl (C=O) groups excluding carboxylic acids is 1. The molecular formula is C20H23ClN2O2S. The Bertz CT molecular complexity index is 808. The highest BCUT2D eigenvalue weighted by molar-refractivity contribution is 7.98. The summed E-state index contributed by atoms with van der Waals surface area (Å²) in [6, 6.07) is 11.2. The monoisotopic (exact) mass is 390 g/mol. The van der Waals surface area contributed by atoms with E-state index in [1.807, 2.05) is 62.4 Å². The topological polar surface area (TPSA) is 41.9 Å². The van der Waals surface area contributed by atoms with Crippen LogP contribution in [0.1, 0.15) is 22.8 Å². The fourth-order valence-electron chi connectivity index (χ4n) is 2.23. The minimum absolute atomic E-state index is 0.0316. The summed E-state index contributed by atoms with van der Waals surface area (Å²) in [5.74, 6) is 0.568. The van der Waals surface area contributed by atoms with Gasteiger partial charge < -0.3 is 9.64 Å². The molecule has 4 nitrogen and oxygen atoms in total. The van der Waals surface area contributed by atoms with E-state index in [0.717, 1.165) is 17.0 Å². The van der Waals surface area contributed by atoms with Crippen molar-refractivity contribution >= 4 is 41.2 Å². The Kier molecular flexibility index (Phi) is 7.54. The van der Waals surface area contributed by atoms with Crippen molar-refractivity contribution in [2.75, 3.05) is 26.5 Å². The summed E-state index contributed by atoms with van der Waals surface area (Å²) in [7, 11) is 1.94. The number of aryl methyl sites for hydroxylation is 1. The first-order chi connectivity index (χ1) is 12.4. The van der Waals surface area contributed by atoms with Gasteiger partial charge in [-0.15, -0.1) is 11.8 Å². The molecule has 2 aromatic rings. The SMILES string of the molecule is CCN(C)/C=N\c1cc(C)c(C(=O)COc2cccc(SC)c2)cc1Cl. The smallest absolute Gasteiger partial charge is 0.200 e. The second kappa shape index (κ2) is 9.64. The number of nitrogens with zero attached hydrogens (tertiary/aromatic N) is 2. The van der Waals surface area contributed by atoms with E-state index in [4.69, 9.17) is 16.3 Å². The fraction of sp³-hybridized carbons (Fsp3) is 0.300. The zero-order valence-electron chi connectivity index (χ0n) is 15.5. The lowest BCUT2D eigenvalue weighted by Crippen LogP contribution is -2.14. The van der Waals surface area contributed by atoms with Crippen molar-refractivity contribution in [2.45, 2.75) is 18.7 Å². The van der Waals surface area contributed by atoms with E-state index in [0.29, 0.717) is 22.0 Å². The maximum atomic E-state index is 12.5. The number of carbonyl (C=O) groups is 1. The van der Waals surface area contributed by atoms with Crippen molar-refractivity contribution in [1.82, 2.24) is 4.90 Å². The van der Waals surface area contributed by atoms with Gasteiger partial charge in [0.15, 0.2) is 6.61 Å². The van der Waals surface area contributed by atoms with Gasteiger partial charge in [0.25, 0.3) is 0 Å². The van der Waals surface area contributed by atoms with E-state index in [-0.39, 0.29) is 12.4 Å². The molecule has 0 aromatic heterocycles. The van der Waals surface area contributed by atoms with Crippen LogP contribution in [-0.4, -0.2) is 43.5 Å². The maximum absolute atomic E-state index is 12.5. The standard InChI is InChI=1S/C20H23ClN2O2S/c1-5-23(3)13-22-19-9-14(2)17(11-18(19)21)20(24)12-25-15-7-6-8-16(10-15)26-4/h6-11,13H,5,12H2,1-4H3/b22-13-. The van der Waals surface area contributed by atoms with Crippen LogP contribution in [0.15, 0.2) is 46.3 Å². The summed E-state index contributed by atoms with van der Waals surface area (Å²) >= 11 is 7.93. The van der Waals surface area contributed by atoms with Crippen LogP contribution >= 0.6 is 23.4 Å². The molecule has 0 amide bonds. The van der Waals surface area contributed by atoms with Crippen LogP contribution in [0.3, 0.4) is 0 Å². The predicted octanol–water partition coefficient (Wildman–Crippen LogP) is 5.24. The van der Waals surface area contributed by atoms with E-state index in [1.54, 1.807) is 24.2 Å². The third-order valence-electron chi connectivity index (χ3n) is 3.90. The lowest BCUT2D eigenvalue weighted by molar-refractivity contribution is 0.0921. The molecule has 0 unspecified atom stereocenters. The Hall–Kier alpha value is -1.98. The van der Waals surface area contributed by atoms with Crippen LogP contribution in [-0.2, 0) is 0 Å². The Balaban J connectivity index is 2.11. The molecule has 26 heavy (non-hydrogen) atoms. The molecule has 0 aliphatic rings. The fourth-order valence-corrected chi connectivity index (χ4v) is 2.89. The zero-order chi connectivity index (χ0) is 19.1. The van der Waals surface area contributed by atoms with Crippen molar-refractivity contribution in [2.24, 2.45) is 4.99 Å². The molecule has 0 saturated carbocycles. The molecule has 0 aliphatic heterocycles. The number of rotatable bonds is 8. The first-order valence-electron chi connectivity index (χ1n) is 8.29. The van der Waals surface area contributed by atoms with Gasteiger partial charge in [-0.05, 0) is 56.0 Å². The second-order valence-corrected chi connectivity index (χ2v) is 7.11. The van der Waals surface area contributed by atoms with Gasteiger partial charge in [0, 0.05) is 24.1 Å². The Morgan fingerprint density at radius 2 is 2.12 bits per heavy atom. The highest BCUT2D eigenvalue weighted by atomic mass is 35.5. The molecule has 0 atom stereocenters. The molecule has 0 aliphatic carbocycles. The van der Waals surface area contributed by atoms with Crippen molar-refractivity contribution in [3.8, 4) is 5.75 Å². The van der Waals surface area contributed by atoms with Crippen molar-refractivity contribution in [3.63, 3.8) is 0 Å². The summed E-state index contributed by atoms with van der Waals surface area (Å²) in [5.41, 5.74) is 2.03. The highest BCUT2D eigenvalue weighted by Crippen LogP contribution is 2.29. The van der Waals surface area contributed by atoms with Gasteiger partial charge in [-0.1, -0.05) is 17.7 Å². The number of halogens is 1. The van der Waals surface area contributed by atoms with Crippen LogP contribution < -0.4 is 4.74 Å². The lowest BCUT2D eigenvalue weighted by atomic mass is 10.0. The van der Waals surface area contributed by atoms with Crippen molar-refractivity contribution in [1.29, 1.82) is 0 Å². The van der Waals surface area contributed by atoms with E-state index in [9.17, 15) is 4.79 Å². The molecule has 2 rings (SSSR count). The number of Topliss-reactive ketones (excluding diaryl/α,β-unsaturated/α-hetero) is 1.